The number of hydrogen-bond donors (Lipinski definition) is 2. The average molecular weight is 278 g/mol. The molecular formula is C10H22N4O3S. The Kier molecular flexibility index (Phi) is 5.09. The quantitative estimate of drug-likeness (QED) is 0.374. The molecule has 106 valence electrons. The van der Waals surface area contributed by atoms with E-state index in [2.05, 4.69) is 10.3 Å². The number of nitrogens with two attached hydrogens (primary N) is 1. The molecule has 2 atom stereocenters. The number of carbonyl (C=O) groups is 1. The molecule has 0 aromatic heterocycles. The molecule has 1 rings (SSSR count). The smallest absolute Gasteiger partial charge is 0.238 e. The zero-order valence-electron chi connectivity index (χ0n) is 11.1. The third-order valence-electron chi connectivity index (χ3n) is 3.60. The highest BCUT2D eigenvalue weighted by molar-refractivity contribution is 7.88. The van der Waals surface area contributed by atoms with E-state index in [0.29, 0.717) is 26.2 Å². The maximum atomic E-state index is 11.5. The molecule has 2 unspecified atom stereocenters. The predicted octanol–water partition coefficient (Wildman–Crippen LogP) is -1.42. The van der Waals surface area contributed by atoms with E-state index in [-0.39, 0.29) is 17.9 Å². The monoisotopic (exact) mass is 278 g/mol. The number of hydrazine groups is 1. The maximum Gasteiger partial charge on any atom is 0.238 e. The van der Waals surface area contributed by atoms with E-state index in [1.807, 2.05) is 13.8 Å². The van der Waals surface area contributed by atoms with Crippen LogP contribution in [0.25, 0.3) is 0 Å². The molecule has 3 N–H and O–H groups in total. The van der Waals surface area contributed by atoms with Crippen molar-refractivity contribution in [2.24, 2.45) is 11.8 Å². The zero-order valence-corrected chi connectivity index (χ0v) is 11.9. The highest BCUT2D eigenvalue weighted by atomic mass is 32.2. The summed E-state index contributed by atoms with van der Waals surface area (Å²) in [7, 11) is -3.11. The number of amides is 1. The SMILES string of the molecule is CC(C(=O)NN)C(C)N1CCN(S(C)(=O)=O)CC1. The molecule has 1 aliphatic rings. The van der Waals surface area contributed by atoms with Crippen molar-refractivity contribution >= 4 is 15.9 Å². The minimum atomic E-state index is -3.11. The zero-order chi connectivity index (χ0) is 13.9. The van der Waals surface area contributed by atoms with Gasteiger partial charge in [-0.15, -0.1) is 0 Å². The molecule has 1 amide bonds. The van der Waals surface area contributed by atoms with Crippen LogP contribution in [-0.2, 0) is 14.8 Å². The van der Waals surface area contributed by atoms with Gasteiger partial charge in [0.25, 0.3) is 0 Å². The summed E-state index contributed by atoms with van der Waals surface area (Å²) in [4.78, 5) is 13.6. The first kappa shape index (κ1) is 15.4. The van der Waals surface area contributed by atoms with Crippen molar-refractivity contribution in [1.29, 1.82) is 0 Å². The number of nitrogens with one attached hydrogen (secondary N) is 1. The van der Waals surface area contributed by atoms with Crippen molar-refractivity contribution in [1.82, 2.24) is 14.6 Å². The van der Waals surface area contributed by atoms with Gasteiger partial charge in [0.15, 0.2) is 0 Å². The lowest BCUT2D eigenvalue weighted by Crippen LogP contribution is -2.54. The Morgan fingerprint density at radius 3 is 2.11 bits per heavy atom. The fourth-order valence-corrected chi connectivity index (χ4v) is 2.94. The summed E-state index contributed by atoms with van der Waals surface area (Å²) in [5, 5.41) is 0. The van der Waals surface area contributed by atoms with E-state index in [1.165, 1.54) is 10.6 Å². The molecule has 0 bridgehead atoms. The lowest BCUT2D eigenvalue weighted by molar-refractivity contribution is -0.126. The Labute approximate surface area is 108 Å². The summed E-state index contributed by atoms with van der Waals surface area (Å²) in [5.41, 5.74) is 2.15. The lowest BCUT2D eigenvalue weighted by Gasteiger charge is -2.38. The van der Waals surface area contributed by atoms with Crippen LogP contribution in [0.15, 0.2) is 0 Å². The van der Waals surface area contributed by atoms with Gasteiger partial charge in [-0.3, -0.25) is 15.1 Å². The predicted molar refractivity (Wildman–Crippen MR) is 68.9 cm³/mol. The Bertz CT molecular complexity index is 390. The Morgan fingerprint density at radius 1 is 1.22 bits per heavy atom. The minimum absolute atomic E-state index is 0.0373. The van der Waals surface area contributed by atoms with E-state index in [1.54, 1.807) is 0 Å². The number of carbonyl (C=O) groups excluding carboxylic acids is 1. The number of nitrogens with zero attached hydrogens (tertiary/aromatic N) is 2. The summed E-state index contributed by atoms with van der Waals surface area (Å²) >= 11 is 0. The molecular weight excluding hydrogens is 256 g/mol. The van der Waals surface area contributed by atoms with Crippen molar-refractivity contribution < 1.29 is 13.2 Å². The molecule has 1 fully saturated rings. The van der Waals surface area contributed by atoms with Crippen LogP contribution >= 0.6 is 0 Å². The van der Waals surface area contributed by atoms with E-state index in [9.17, 15) is 13.2 Å². The summed E-state index contributed by atoms with van der Waals surface area (Å²) in [6.45, 7) is 5.99. The lowest BCUT2D eigenvalue weighted by atomic mass is 10.0. The number of sulfonamides is 1. The van der Waals surface area contributed by atoms with Gasteiger partial charge in [-0.2, -0.15) is 4.31 Å². The molecule has 7 nitrogen and oxygen atoms in total. The van der Waals surface area contributed by atoms with Crippen molar-refractivity contribution in [2.75, 3.05) is 32.4 Å². The Morgan fingerprint density at radius 2 is 1.72 bits per heavy atom. The third-order valence-corrected chi connectivity index (χ3v) is 4.90. The first-order valence-corrected chi connectivity index (χ1v) is 7.82. The molecule has 0 radical (unpaired) electrons. The molecule has 18 heavy (non-hydrogen) atoms. The van der Waals surface area contributed by atoms with Crippen LogP contribution in [-0.4, -0.2) is 62.0 Å². The second kappa shape index (κ2) is 5.96. The first-order valence-electron chi connectivity index (χ1n) is 5.97. The molecule has 1 aliphatic heterocycles. The van der Waals surface area contributed by atoms with Crippen LogP contribution in [0.1, 0.15) is 13.8 Å². The van der Waals surface area contributed by atoms with Gasteiger partial charge < -0.3 is 0 Å². The van der Waals surface area contributed by atoms with E-state index in [0.717, 1.165) is 0 Å². The van der Waals surface area contributed by atoms with Crippen molar-refractivity contribution in [2.45, 2.75) is 19.9 Å². The summed E-state index contributed by atoms with van der Waals surface area (Å²) < 4.78 is 24.2. The number of hydrogen-bond acceptors (Lipinski definition) is 5. The Hall–Kier alpha value is -0.700. The van der Waals surface area contributed by atoms with Crippen LogP contribution in [0, 0.1) is 5.92 Å². The van der Waals surface area contributed by atoms with Crippen LogP contribution in [0.3, 0.4) is 0 Å². The normalized spacial score (nSPS) is 22.4. The molecule has 0 aromatic rings. The number of piperazine rings is 1. The molecule has 0 spiro atoms. The second-order valence-corrected chi connectivity index (χ2v) is 6.72. The van der Waals surface area contributed by atoms with Crippen molar-refractivity contribution in [3.63, 3.8) is 0 Å². The minimum Gasteiger partial charge on any atom is -0.297 e. The van der Waals surface area contributed by atoms with Gasteiger partial charge >= 0.3 is 0 Å². The maximum absolute atomic E-state index is 11.5. The Balaban J connectivity index is 2.55. The highest BCUT2D eigenvalue weighted by Crippen LogP contribution is 2.15. The van der Waals surface area contributed by atoms with E-state index in [4.69, 9.17) is 5.84 Å². The first-order chi connectivity index (χ1) is 8.27. The fourth-order valence-electron chi connectivity index (χ4n) is 2.11. The van der Waals surface area contributed by atoms with Crippen LogP contribution < -0.4 is 11.3 Å². The standard InChI is InChI=1S/C10H22N4O3S/c1-8(10(15)12-11)9(2)13-4-6-14(7-5-13)18(3,16)17/h8-9H,4-7,11H2,1-3H3,(H,12,15). The summed E-state index contributed by atoms with van der Waals surface area (Å²) in [5.74, 6) is 4.69. The molecule has 0 aliphatic carbocycles. The third kappa shape index (κ3) is 3.64. The van der Waals surface area contributed by atoms with Crippen LogP contribution in [0.2, 0.25) is 0 Å². The molecule has 0 saturated carbocycles. The van der Waals surface area contributed by atoms with E-state index < -0.39 is 10.0 Å². The highest BCUT2D eigenvalue weighted by Gasteiger charge is 2.30. The summed E-state index contributed by atoms with van der Waals surface area (Å²) in [6.07, 6.45) is 1.22. The van der Waals surface area contributed by atoms with Gasteiger partial charge in [0.05, 0.1) is 12.2 Å². The van der Waals surface area contributed by atoms with Gasteiger partial charge in [-0.05, 0) is 6.92 Å². The van der Waals surface area contributed by atoms with Crippen LogP contribution in [0.4, 0.5) is 0 Å². The largest absolute Gasteiger partial charge is 0.297 e. The van der Waals surface area contributed by atoms with Crippen molar-refractivity contribution in [3.8, 4) is 0 Å². The van der Waals surface area contributed by atoms with Gasteiger partial charge in [0.2, 0.25) is 15.9 Å². The van der Waals surface area contributed by atoms with Gasteiger partial charge in [-0.1, -0.05) is 6.92 Å². The topological polar surface area (TPSA) is 95.7 Å². The van der Waals surface area contributed by atoms with Gasteiger partial charge in [0.1, 0.15) is 0 Å². The molecule has 1 saturated heterocycles. The van der Waals surface area contributed by atoms with Gasteiger partial charge in [0, 0.05) is 32.2 Å². The number of rotatable bonds is 4. The van der Waals surface area contributed by atoms with Crippen LogP contribution in [0.5, 0.6) is 0 Å². The molecule has 1 heterocycles. The van der Waals surface area contributed by atoms with Gasteiger partial charge in [-0.25, -0.2) is 14.3 Å². The van der Waals surface area contributed by atoms with Crippen molar-refractivity contribution in [3.05, 3.63) is 0 Å². The molecule has 8 heteroatoms. The average Bonchev–Trinajstić information content (AvgIpc) is 2.35. The fraction of sp³-hybridized carbons (Fsp3) is 0.900. The summed E-state index contributed by atoms with van der Waals surface area (Å²) in [6, 6.07) is 0.0373. The second-order valence-electron chi connectivity index (χ2n) is 4.74. The van der Waals surface area contributed by atoms with E-state index >= 15 is 0 Å². The molecule has 0 aromatic carbocycles.